The van der Waals surface area contributed by atoms with Crippen LogP contribution >= 0.6 is 0 Å². The van der Waals surface area contributed by atoms with E-state index in [1.807, 2.05) is 0 Å². The maximum Gasteiger partial charge on any atom is 0.326 e. The third-order valence-electron chi connectivity index (χ3n) is 2.23. The predicted molar refractivity (Wildman–Crippen MR) is 61.7 cm³/mol. The molecule has 0 saturated carbocycles. The smallest absolute Gasteiger partial charge is 0.326 e. The second-order valence-electron chi connectivity index (χ2n) is 3.70. The molecular weight excluding hydrogens is 238 g/mol. The van der Waals surface area contributed by atoms with Crippen LogP contribution in [0.2, 0.25) is 0 Å². The number of carbonyl (C=O) groups is 3. The summed E-state index contributed by atoms with van der Waals surface area (Å²) in [6, 6.07) is 1.98. The molecule has 0 aromatic carbocycles. The highest BCUT2D eigenvalue weighted by atomic mass is 16.4. The molecular formula is C11H13N3O4. The van der Waals surface area contributed by atoms with Crippen molar-refractivity contribution in [1.29, 1.82) is 0 Å². The number of nitrogens with one attached hydrogen (secondary N) is 1. The summed E-state index contributed by atoms with van der Waals surface area (Å²) in [5.74, 6) is -2.78. The van der Waals surface area contributed by atoms with Crippen LogP contribution in [0.4, 0.5) is 0 Å². The van der Waals surface area contributed by atoms with Crippen LogP contribution in [-0.4, -0.2) is 33.9 Å². The van der Waals surface area contributed by atoms with Gasteiger partial charge in [-0.3, -0.25) is 14.6 Å². The molecule has 0 saturated heterocycles. The quantitative estimate of drug-likeness (QED) is 0.648. The van der Waals surface area contributed by atoms with Crippen molar-refractivity contribution in [3.63, 3.8) is 0 Å². The minimum atomic E-state index is -1.35. The van der Waals surface area contributed by atoms with E-state index in [1.165, 1.54) is 6.20 Å². The molecule has 0 unspecified atom stereocenters. The Morgan fingerprint density at radius 1 is 1.50 bits per heavy atom. The van der Waals surface area contributed by atoms with Crippen molar-refractivity contribution in [3.8, 4) is 0 Å². The third-order valence-corrected chi connectivity index (χ3v) is 2.23. The Morgan fingerprint density at radius 3 is 2.67 bits per heavy atom. The van der Waals surface area contributed by atoms with Gasteiger partial charge in [-0.25, -0.2) is 4.79 Å². The van der Waals surface area contributed by atoms with Crippen LogP contribution in [0.25, 0.3) is 0 Å². The van der Waals surface area contributed by atoms with Gasteiger partial charge < -0.3 is 16.2 Å². The summed E-state index contributed by atoms with van der Waals surface area (Å²) < 4.78 is 0. The van der Waals surface area contributed by atoms with Crippen LogP contribution < -0.4 is 11.1 Å². The second-order valence-corrected chi connectivity index (χ2v) is 3.70. The number of pyridine rings is 1. The molecule has 1 aromatic heterocycles. The number of nitrogens with two attached hydrogens (primary N) is 1. The van der Waals surface area contributed by atoms with E-state index in [0.717, 1.165) is 0 Å². The largest absolute Gasteiger partial charge is 0.480 e. The van der Waals surface area contributed by atoms with Crippen molar-refractivity contribution in [1.82, 2.24) is 10.3 Å². The molecule has 2 amide bonds. The van der Waals surface area contributed by atoms with Crippen LogP contribution in [0.1, 0.15) is 22.5 Å². The maximum absolute atomic E-state index is 11.8. The standard InChI is InChI=1S/C11H13N3O4/c1-6-3-2-4-13-9(6)10(16)14-7(11(17)18)5-8(12)15/h2-4,7H,5H2,1H3,(H2,12,15)(H,14,16)(H,17,18)/t7-/m0/s1. The van der Waals surface area contributed by atoms with Gasteiger partial charge in [-0.05, 0) is 18.6 Å². The lowest BCUT2D eigenvalue weighted by Crippen LogP contribution is -2.43. The highest BCUT2D eigenvalue weighted by Gasteiger charge is 2.23. The molecule has 0 bridgehead atoms. The van der Waals surface area contributed by atoms with Gasteiger partial charge in [-0.1, -0.05) is 6.07 Å². The number of carboxylic acid groups (broad SMARTS) is 1. The first-order chi connectivity index (χ1) is 8.41. The second kappa shape index (κ2) is 5.76. The Labute approximate surface area is 103 Å². The lowest BCUT2D eigenvalue weighted by atomic mass is 10.1. The molecule has 7 heteroatoms. The summed E-state index contributed by atoms with van der Waals surface area (Å²) in [5.41, 5.74) is 5.63. The summed E-state index contributed by atoms with van der Waals surface area (Å²) in [6.07, 6.45) is 0.957. The highest BCUT2D eigenvalue weighted by molar-refractivity contribution is 5.97. The summed E-state index contributed by atoms with van der Waals surface area (Å²) >= 11 is 0. The van der Waals surface area contributed by atoms with Gasteiger partial charge in [0.25, 0.3) is 5.91 Å². The first-order valence-electron chi connectivity index (χ1n) is 5.15. The van der Waals surface area contributed by atoms with E-state index in [4.69, 9.17) is 10.8 Å². The Hall–Kier alpha value is -2.44. The maximum atomic E-state index is 11.8. The van der Waals surface area contributed by atoms with Crippen molar-refractivity contribution in [3.05, 3.63) is 29.6 Å². The van der Waals surface area contributed by atoms with Crippen molar-refractivity contribution < 1.29 is 19.5 Å². The monoisotopic (exact) mass is 251 g/mol. The minimum Gasteiger partial charge on any atom is -0.480 e. The molecule has 0 aliphatic rings. The van der Waals surface area contributed by atoms with Crippen molar-refractivity contribution in [2.45, 2.75) is 19.4 Å². The fraction of sp³-hybridized carbons (Fsp3) is 0.273. The minimum absolute atomic E-state index is 0.119. The number of aryl methyl sites for hydroxylation is 1. The van der Waals surface area contributed by atoms with Gasteiger partial charge in [0.1, 0.15) is 11.7 Å². The van der Waals surface area contributed by atoms with E-state index < -0.39 is 30.2 Å². The lowest BCUT2D eigenvalue weighted by Gasteiger charge is -2.13. The van der Waals surface area contributed by atoms with Crippen LogP contribution in [0.15, 0.2) is 18.3 Å². The van der Waals surface area contributed by atoms with E-state index in [2.05, 4.69) is 10.3 Å². The number of rotatable bonds is 5. The summed E-state index contributed by atoms with van der Waals surface area (Å²) in [4.78, 5) is 37.2. The molecule has 0 aliphatic heterocycles. The Balaban J connectivity index is 2.82. The number of amides is 2. The average molecular weight is 251 g/mol. The van der Waals surface area contributed by atoms with Crippen LogP contribution in [0.3, 0.4) is 0 Å². The van der Waals surface area contributed by atoms with Gasteiger partial charge in [0, 0.05) is 6.20 Å². The van der Waals surface area contributed by atoms with Crippen molar-refractivity contribution in [2.24, 2.45) is 5.73 Å². The van der Waals surface area contributed by atoms with Crippen molar-refractivity contribution >= 4 is 17.8 Å². The number of nitrogens with zero attached hydrogens (tertiary/aromatic N) is 1. The van der Waals surface area contributed by atoms with Gasteiger partial charge in [-0.2, -0.15) is 0 Å². The fourth-order valence-electron chi connectivity index (χ4n) is 1.35. The number of carbonyl (C=O) groups excluding carboxylic acids is 2. The molecule has 0 fully saturated rings. The molecule has 0 spiro atoms. The van der Waals surface area contributed by atoms with Gasteiger partial charge in [0.05, 0.1) is 6.42 Å². The molecule has 0 aliphatic carbocycles. The number of primary amides is 1. The third kappa shape index (κ3) is 3.55. The molecule has 1 heterocycles. The first-order valence-corrected chi connectivity index (χ1v) is 5.15. The first kappa shape index (κ1) is 13.6. The number of hydrogen-bond acceptors (Lipinski definition) is 4. The molecule has 4 N–H and O–H groups in total. The summed E-state index contributed by atoms with van der Waals surface area (Å²) in [7, 11) is 0. The zero-order valence-corrected chi connectivity index (χ0v) is 9.71. The van der Waals surface area contributed by atoms with Crippen molar-refractivity contribution in [2.75, 3.05) is 0 Å². The van der Waals surface area contributed by atoms with E-state index >= 15 is 0 Å². The van der Waals surface area contributed by atoms with E-state index in [-0.39, 0.29) is 5.69 Å². The molecule has 96 valence electrons. The Morgan fingerprint density at radius 2 is 2.17 bits per heavy atom. The zero-order valence-electron chi connectivity index (χ0n) is 9.71. The number of carboxylic acids is 1. The van der Waals surface area contributed by atoms with Crippen LogP contribution in [-0.2, 0) is 9.59 Å². The van der Waals surface area contributed by atoms with E-state index in [9.17, 15) is 14.4 Å². The van der Waals surface area contributed by atoms with Crippen LogP contribution in [0.5, 0.6) is 0 Å². The lowest BCUT2D eigenvalue weighted by molar-refractivity contribution is -0.140. The predicted octanol–water partition coefficient (Wildman–Crippen LogP) is -0.552. The highest BCUT2D eigenvalue weighted by Crippen LogP contribution is 2.04. The average Bonchev–Trinajstić information content (AvgIpc) is 2.27. The zero-order chi connectivity index (χ0) is 13.7. The van der Waals surface area contributed by atoms with E-state index in [0.29, 0.717) is 5.56 Å². The Kier molecular flexibility index (Phi) is 4.36. The van der Waals surface area contributed by atoms with E-state index in [1.54, 1.807) is 19.1 Å². The number of aromatic nitrogens is 1. The molecule has 18 heavy (non-hydrogen) atoms. The van der Waals surface area contributed by atoms with Gasteiger partial charge in [0.15, 0.2) is 0 Å². The number of hydrogen-bond donors (Lipinski definition) is 3. The SMILES string of the molecule is Cc1cccnc1C(=O)N[C@@H](CC(N)=O)C(=O)O. The van der Waals surface area contributed by atoms with Gasteiger partial charge >= 0.3 is 5.97 Å². The summed E-state index contributed by atoms with van der Waals surface area (Å²) in [6.45, 7) is 1.67. The molecule has 1 atom stereocenters. The van der Waals surface area contributed by atoms with Gasteiger partial charge in [-0.15, -0.1) is 0 Å². The molecule has 7 nitrogen and oxygen atoms in total. The topological polar surface area (TPSA) is 122 Å². The summed E-state index contributed by atoms with van der Waals surface area (Å²) in [5, 5.41) is 11.0. The van der Waals surface area contributed by atoms with Gasteiger partial charge in [0.2, 0.25) is 5.91 Å². The fourth-order valence-corrected chi connectivity index (χ4v) is 1.35. The molecule has 1 aromatic rings. The number of aliphatic carboxylic acids is 1. The molecule has 1 rings (SSSR count). The molecule has 0 radical (unpaired) electrons. The Bertz CT molecular complexity index is 487. The normalized spacial score (nSPS) is 11.6. The van der Waals surface area contributed by atoms with Crippen LogP contribution in [0, 0.1) is 6.92 Å².